The van der Waals surface area contributed by atoms with Crippen LogP contribution in [0.2, 0.25) is 15.2 Å². The van der Waals surface area contributed by atoms with E-state index in [1.54, 1.807) is 24.3 Å². The number of fused-ring (bicyclic) bond motifs is 1. The number of carbonyl (C=O) groups is 2. The number of esters is 1. The highest BCUT2D eigenvalue weighted by molar-refractivity contribution is 6.35. The Balaban J connectivity index is 1.92. The number of H-pyrrole nitrogens is 1. The first-order chi connectivity index (χ1) is 21.9. The average molecular weight is 707 g/mol. The molecule has 4 rings (SSSR count). The van der Waals surface area contributed by atoms with Crippen LogP contribution in [0.5, 0.6) is 5.75 Å². The molecule has 3 atom stereocenters. The van der Waals surface area contributed by atoms with Gasteiger partial charge in [-0.2, -0.15) is 0 Å². The number of aromatic amines is 1. The van der Waals surface area contributed by atoms with Gasteiger partial charge in [0.1, 0.15) is 16.0 Å². The maximum Gasteiger partial charge on any atom is 0.315 e. The number of benzene rings is 1. The van der Waals surface area contributed by atoms with E-state index in [9.17, 15) is 14.4 Å². The third-order valence-electron chi connectivity index (χ3n) is 9.95. The summed E-state index contributed by atoms with van der Waals surface area (Å²) >= 11 is 19.8. The van der Waals surface area contributed by atoms with E-state index in [1.807, 2.05) is 6.92 Å². The van der Waals surface area contributed by atoms with Gasteiger partial charge in [-0.15, -0.1) is 0 Å². The summed E-state index contributed by atoms with van der Waals surface area (Å²) in [6.07, 6.45) is 5.02. The molecular weight excluding hydrogens is 657 g/mol. The van der Waals surface area contributed by atoms with Gasteiger partial charge in [0.2, 0.25) is 5.91 Å². The van der Waals surface area contributed by atoms with Crippen molar-refractivity contribution in [2.45, 2.75) is 101 Å². The fraction of sp³-hybridized carbons (Fsp3) is 0.595. The zero-order chi connectivity index (χ0) is 35.0. The Morgan fingerprint density at radius 3 is 2.09 bits per heavy atom. The van der Waals surface area contributed by atoms with E-state index in [0.717, 1.165) is 25.7 Å². The number of hydrogen-bond donors (Lipinski definition) is 2. The Labute approximate surface area is 294 Å². The van der Waals surface area contributed by atoms with Crippen molar-refractivity contribution in [3.05, 3.63) is 49.8 Å². The average Bonchev–Trinajstić information content (AvgIpc) is 3.25. The number of anilines is 1. The van der Waals surface area contributed by atoms with Crippen molar-refractivity contribution in [3.63, 3.8) is 0 Å². The lowest BCUT2D eigenvalue weighted by atomic mass is 9.55. The molecule has 10 heteroatoms. The lowest BCUT2D eigenvalue weighted by molar-refractivity contribution is -0.152. The molecule has 1 saturated carbocycles. The first kappa shape index (κ1) is 37.3. The van der Waals surface area contributed by atoms with Crippen molar-refractivity contribution in [2.75, 3.05) is 5.32 Å². The van der Waals surface area contributed by atoms with E-state index >= 15 is 0 Å². The first-order valence-corrected chi connectivity index (χ1v) is 18.0. The molecule has 2 heterocycles. The van der Waals surface area contributed by atoms with Crippen molar-refractivity contribution in [1.29, 1.82) is 0 Å². The molecule has 0 radical (unpaired) electrons. The van der Waals surface area contributed by atoms with Gasteiger partial charge < -0.3 is 15.0 Å². The molecule has 2 aromatic heterocycles. The second kappa shape index (κ2) is 14.6. The number of ether oxygens (including phenoxy) is 1. The van der Waals surface area contributed by atoms with Crippen LogP contribution in [0.15, 0.2) is 29.1 Å². The van der Waals surface area contributed by atoms with Gasteiger partial charge in [-0.25, -0.2) is 4.40 Å². The lowest BCUT2D eigenvalue weighted by Crippen LogP contribution is -2.48. The standard InChI is InChI=1S/C37H50Cl3N3O4/c1-10-12-13-21(11-2)33(44)42-31-28(39)34(45)43-30(40)26(22-14-16-23(38)17-15-22)29(32(43)41-31)47-35(46)27-24(36(4,5)6)18-20(3)19-25(27)37(7,8)9/h14-17,20-21,24-25,27,41H,10-13,18-19H2,1-9H3,(H,42,44). The molecule has 1 aliphatic rings. The molecule has 258 valence electrons. The van der Waals surface area contributed by atoms with Crippen LogP contribution in [0.25, 0.3) is 16.8 Å². The van der Waals surface area contributed by atoms with E-state index in [4.69, 9.17) is 39.5 Å². The number of carbonyl (C=O) groups excluding carboxylic acids is 2. The van der Waals surface area contributed by atoms with E-state index < -0.39 is 11.5 Å². The summed E-state index contributed by atoms with van der Waals surface area (Å²) in [5.74, 6) is -0.560. The molecule has 0 saturated heterocycles. The van der Waals surface area contributed by atoms with Gasteiger partial charge in [-0.3, -0.25) is 14.4 Å². The van der Waals surface area contributed by atoms with Crippen LogP contribution in [-0.2, 0) is 9.59 Å². The molecule has 1 amide bonds. The van der Waals surface area contributed by atoms with E-state index in [-0.39, 0.29) is 67.9 Å². The van der Waals surface area contributed by atoms with Gasteiger partial charge in [-0.05, 0) is 72.0 Å². The molecule has 0 spiro atoms. The second-order valence-corrected chi connectivity index (χ2v) is 16.7. The topological polar surface area (TPSA) is 92.7 Å². The Morgan fingerprint density at radius 2 is 1.57 bits per heavy atom. The SMILES string of the molecule is CCCCC(CC)C(=O)Nc1[nH]c2c(OC(=O)C3C(C(C)(C)C)CC(C)CC3C(C)(C)C)c(-c3ccc(Cl)cc3)c(Cl)n2c(=O)c1Cl. The normalized spacial score (nSPS) is 21.1. The highest BCUT2D eigenvalue weighted by Crippen LogP contribution is 2.53. The van der Waals surface area contributed by atoms with Gasteiger partial charge >= 0.3 is 5.97 Å². The minimum atomic E-state index is -0.647. The minimum Gasteiger partial charge on any atom is -0.422 e. The molecule has 0 bridgehead atoms. The molecule has 1 aliphatic carbocycles. The van der Waals surface area contributed by atoms with E-state index in [0.29, 0.717) is 34.9 Å². The number of aromatic nitrogens is 2. The fourth-order valence-corrected chi connectivity index (χ4v) is 7.93. The maximum absolute atomic E-state index is 14.6. The van der Waals surface area contributed by atoms with Crippen LogP contribution in [0.4, 0.5) is 5.82 Å². The smallest absolute Gasteiger partial charge is 0.315 e. The Morgan fingerprint density at radius 1 is 1.00 bits per heavy atom. The zero-order valence-corrected chi connectivity index (χ0v) is 31.4. The van der Waals surface area contributed by atoms with Crippen LogP contribution in [0, 0.1) is 40.4 Å². The van der Waals surface area contributed by atoms with Crippen molar-refractivity contribution < 1.29 is 14.3 Å². The highest BCUT2D eigenvalue weighted by Gasteiger charge is 2.50. The number of nitrogens with zero attached hydrogens (tertiary/aromatic N) is 1. The van der Waals surface area contributed by atoms with Gasteiger partial charge in [0.25, 0.3) is 5.56 Å². The Hall–Kier alpha value is -2.48. The summed E-state index contributed by atoms with van der Waals surface area (Å²) in [7, 11) is 0. The summed E-state index contributed by atoms with van der Waals surface area (Å²) in [5, 5.41) is 3.16. The third-order valence-corrected chi connectivity index (χ3v) is 10.9. The van der Waals surface area contributed by atoms with Crippen LogP contribution < -0.4 is 15.6 Å². The monoisotopic (exact) mass is 705 g/mol. The van der Waals surface area contributed by atoms with Crippen molar-refractivity contribution in [2.24, 2.45) is 40.4 Å². The van der Waals surface area contributed by atoms with Gasteiger partial charge in [0.15, 0.2) is 11.4 Å². The maximum atomic E-state index is 14.6. The molecule has 0 aliphatic heterocycles. The Bertz CT molecular complexity index is 1640. The number of rotatable bonds is 9. The lowest BCUT2D eigenvalue weighted by Gasteiger charge is -2.49. The van der Waals surface area contributed by atoms with Crippen LogP contribution in [-0.4, -0.2) is 21.3 Å². The molecule has 1 aromatic carbocycles. The molecule has 47 heavy (non-hydrogen) atoms. The largest absolute Gasteiger partial charge is 0.422 e. The molecule has 3 unspecified atom stereocenters. The van der Waals surface area contributed by atoms with Crippen LogP contribution in [0.1, 0.15) is 101 Å². The summed E-state index contributed by atoms with van der Waals surface area (Å²) in [5.41, 5.74) is 0.114. The first-order valence-electron chi connectivity index (χ1n) is 16.8. The van der Waals surface area contributed by atoms with Crippen molar-refractivity contribution in [1.82, 2.24) is 9.38 Å². The second-order valence-electron chi connectivity index (χ2n) is 15.5. The van der Waals surface area contributed by atoms with Crippen LogP contribution in [0.3, 0.4) is 0 Å². The van der Waals surface area contributed by atoms with Crippen molar-refractivity contribution in [3.8, 4) is 16.9 Å². The number of halogens is 3. The molecule has 1 fully saturated rings. The minimum absolute atomic E-state index is 0.0255. The third kappa shape index (κ3) is 7.89. The Kier molecular flexibility index (Phi) is 11.6. The fourth-order valence-electron chi connectivity index (χ4n) is 7.27. The summed E-state index contributed by atoms with van der Waals surface area (Å²) in [4.78, 5) is 44.9. The summed E-state index contributed by atoms with van der Waals surface area (Å²) < 4.78 is 7.66. The van der Waals surface area contributed by atoms with Gasteiger partial charge in [-0.1, -0.05) is 122 Å². The quantitative estimate of drug-likeness (QED) is 0.217. The number of hydrogen-bond acceptors (Lipinski definition) is 4. The van der Waals surface area contributed by atoms with Gasteiger partial charge in [0.05, 0.1) is 11.5 Å². The molecule has 3 aromatic rings. The molecular formula is C37H50Cl3N3O4. The molecule has 7 nitrogen and oxygen atoms in total. The van der Waals surface area contributed by atoms with Crippen LogP contribution >= 0.6 is 34.8 Å². The number of nitrogens with one attached hydrogen (secondary N) is 2. The van der Waals surface area contributed by atoms with Gasteiger partial charge in [0, 0.05) is 10.9 Å². The number of unbranched alkanes of at least 4 members (excludes halogenated alkanes) is 1. The summed E-state index contributed by atoms with van der Waals surface area (Å²) in [6, 6.07) is 6.92. The van der Waals surface area contributed by atoms with Crippen molar-refractivity contribution >= 4 is 58.1 Å². The predicted octanol–water partition coefficient (Wildman–Crippen LogP) is 10.7. The summed E-state index contributed by atoms with van der Waals surface area (Å²) in [6.45, 7) is 19.4. The highest BCUT2D eigenvalue weighted by atomic mass is 35.5. The van der Waals surface area contributed by atoms with E-state index in [2.05, 4.69) is 65.7 Å². The predicted molar refractivity (Wildman–Crippen MR) is 194 cm³/mol. The van der Waals surface area contributed by atoms with E-state index in [1.165, 1.54) is 4.40 Å². The molecule has 2 N–H and O–H groups in total. The zero-order valence-electron chi connectivity index (χ0n) is 29.2. The number of amides is 1.